The first kappa shape index (κ1) is 12.2. The first-order chi connectivity index (χ1) is 5.99. The molecule has 0 heterocycles. The van der Waals surface area contributed by atoms with Crippen LogP contribution in [0.3, 0.4) is 0 Å². The van der Waals surface area contributed by atoms with Gasteiger partial charge >= 0.3 is 11.9 Å². The Labute approximate surface area is 81.3 Å². The number of carbonyl (C=O) groups is 2. The number of aliphatic carboxylic acids is 2. The van der Waals surface area contributed by atoms with E-state index in [1.165, 1.54) is 0 Å². The fourth-order valence-electron chi connectivity index (χ4n) is 0.825. The molecule has 0 saturated carbocycles. The summed E-state index contributed by atoms with van der Waals surface area (Å²) in [6.07, 6.45) is 0.402. The zero-order valence-corrected chi connectivity index (χ0v) is 7.91. The number of nitrogens with two attached hydrogens (primary N) is 1. The fraction of sp³-hybridized carbons (Fsp3) is 0.714. The van der Waals surface area contributed by atoms with E-state index >= 15 is 0 Å². The lowest BCUT2D eigenvalue weighted by atomic mass is 10.0. The highest BCUT2D eigenvalue weighted by Crippen LogP contribution is 2.09. The lowest BCUT2D eigenvalue weighted by molar-refractivity contribution is -0.154. The topological polar surface area (TPSA) is 101 Å². The molecule has 0 rings (SSSR count). The number of thiol groups is 1. The van der Waals surface area contributed by atoms with Crippen LogP contribution in [0.15, 0.2) is 0 Å². The third-order valence-electron chi connectivity index (χ3n) is 1.66. The molecular formula is C7H13NO4S. The molecule has 0 fully saturated rings. The second-order valence-electron chi connectivity index (χ2n) is 2.75. The zero-order valence-electron chi connectivity index (χ0n) is 7.01. The van der Waals surface area contributed by atoms with Crippen LogP contribution in [0.5, 0.6) is 0 Å². The van der Waals surface area contributed by atoms with Crippen LogP contribution in [0.4, 0.5) is 0 Å². The molecule has 0 aliphatic carbocycles. The number of hydrogen-bond acceptors (Lipinski definition) is 4. The molecule has 0 aromatic carbocycles. The van der Waals surface area contributed by atoms with Crippen molar-refractivity contribution in [2.24, 2.45) is 11.7 Å². The fourth-order valence-corrected chi connectivity index (χ4v) is 1.01. The van der Waals surface area contributed by atoms with E-state index in [4.69, 9.17) is 15.9 Å². The van der Waals surface area contributed by atoms with Crippen LogP contribution in [0.1, 0.15) is 12.8 Å². The van der Waals surface area contributed by atoms with Crippen molar-refractivity contribution in [2.45, 2.75) is 18.9 Å². The molecular weight excluding hydrogens is 194 g/mol. The van der Waals surface area contributed by atoms with Crippen molar-refractivity contribution in [1.29, 1.82) is 0 Å². The van der Waals surface area contributed by atoms with Gasteiger partial charge in [0.05, 0.1) is 0 Å². The van der Waals surface area contributed by atoms with Gasteiger partial charge in [0, 0.05) is 11.8 Å². The Kier molecular flexibility index (Phi) is 5.48. The number of hydrogen-bond donors (Lipinski definition) is 4. The molecule has 76 valence electrons. The Morgan fingerprint density at radius 3 is 2.00 bits per heavy atom. The van der Waals surface area contributed by atoms with E-state index in [0.29, 0.717) is 12.2 Å². The van der Waals surface area contributed by atoms with Gasteiger partial charge in [0.1, 0.15) is 0 Å². The van der Waals surface area contributed by atoms with E-state index < -0.39 is 17.9 Å². The van der Waals surface area contributed by atoms with Crippen LogP contribution in [-0.2, 0) is 9.59 Å². The molecule has 13 heavy (non-hydrogen) atoms. The molecule has 0 aliphatic rings. The summed E-state index contributed by atoms with van der Waals surface area (Å²) in [7, 11) is 0. The van der Waals surface area contributed by atoms with Crippen LogP contribution in [0, 0.1) is 5.92 Å². The van der Waals surface area contributed by atoms with Crippen molar-refractivity contribution in [3.05, 3.63) is 0 Å². The lowest BCUT2D eigenvalue weighted by Crippen LogP contribution is -2.28. The smallest absolute Gasteiger partial charge is 0.317 e. The largest absolute Gasteiger partial charge is 0.481 e. The molecule has 0 unspecified atom stereocenters. The predicted molar refractivity (Wildman–Crippen MR) is 49.8 cm³/mol. The summed E-state index contributed by atoms with van der Waals surface area (Å²) in [5.74, 6) is -3.57. The third-order valence-corrected chi connectivity index (χ3v) is 2.13. The summed E-state index contributed by atoms with van der Waals surface area (Å²) < 4.78 is 0. The van der Waals surface area contributed by atoms with Gasteiger partial charge in [0.15, 0.2) is 5.92 Å². The Morgan fingerprint density at radius 2 is 1.69 bits per heavy atom. The second kappa shape index (κ2) is 5.82. The molecule has 0 bridgehead atoms. The number of carboxylic acid groups (broad SMARTS) is 2. The molecule has 0 aliphatic heterocycles. The maximum absolute atomic E-state index is 10.4. The summed E-state index contributed by atoms with van der Waals surface area (Å²) in [5, 5.41) is 17.0. The van der Waals surface area contributed by atoms with Gasteiger partial charge in [-0.15, -0.1) is 0 Å². The Bertz CT molecular complexity index is 183. The summed E-state index contributed by atoms with van der Waals surface area (Å²) in [6, 6.07) is -0.246. The summed E-state index contributed by atoms with van der Waals surface area (Å²) in [5.41, 5.74) is 5.46. The predicted octanol–water partition coefficient (Wildman–Crippen LogP) is -0.191. The number of rotatable bonds is 6. The van der Waals surface area contributed by atoms with Crippen molar-refractivity contribution in [3.8, 4) is 0 Å². The van der Waals surface area contributed by atoms with Gasteiger partial charge in [0.2, 0.25) is 0 Å². The first-order valence-electron chi connectivity index (χ1n) is 3.81. The summed E-state index contributed by atoms with van der Waals surface area (Å²) >= 11 is 3.90. The quantitative estimate of drug-likeness (QED) is 0.357. The minimum atomic E-state index is -1.36. The van der Waals surface area contributed by atoms with Crippen molar-refractivity contribution in [2.75, 3.05) is 5.75 Å². The molecule has 0 aromatic heterocycles. The highest BCUT2D eigenvalue weighted by Gasteiger charge is 2.25. The second-order valence-corrected chi connectivity index (χ2v) is 3.11. The van der Waals surface area contributed by atoms with Crippen molar-refractivity contribution in [3.63, 3.8) is 0 Å². The number of carboxylic acids is 2. The lowest BCUT2D eigenvalue weighted by Gasteiger charge is -2.10. The van der Waals surface area contributed by atoms with Crippen LogP contribution in [0.2, 0.25) is 0 Å². The van der Waals surface area contributed by atoms with Gasteiger partial charge in [0.25, 0.3) is 0 Å². The van der Waals surface area contributed by atoms with Gasteiger partial charge in [-0.3, -0.25) is 9.59 Å². The highest BCUT2D eigenvalue weighted by atomic mass is 32.1. The van der Waals surface area contributed by atoms with E-state index in [0.717, 1.165) is 0 Å². The minimum absolute atomic E-state index is 0.0480. The molecule has 0 radical (unpaired) electrons. The Morgan fingerprint density at radius 1 is 1.23 bits per heavy atom. The zero-order chi connectivity index (χ0) is 10.4. The summed E-state index contributed by atoms with van der Waals surface area (Å²) in [4.78, 5) is 20.8. The van der Waals surface area contributed by atoms with Crippen molar-refractivity contribution in [1.82, 2.24) is 0 Å². The van der Waals surface area contributed by atoms with Gasteiger partial charge < -0.3 is 15.9 Å². The average Bonchev–Trinajstić information content (AvgIpc) is 2.03. The van der Waals surface area contributed by atoms with E-state index in [1.807, 2.05) is 0 Å². The maximum atomic E-state index is 10.4. The standard InChI is InChI=1S/C7H13NO4S/c8-4(3-13)1-2-5(6(9)10)7(11)12/h4-5,13H,1-3,8H2,(H,9,10)(H,11,12)/t4-/m1/s1. The summed E-state index contributed by atoms with van der Waals surface area (Å²) in [6.45, 7) is 0. The molecule has 0 aromatic rings. The molecule has 0 saturated heterocycles. The van der Waals surface area contributed by atoms with E-state index in [-0.39, 0.29) is 12.5 Å². The average molecular weight is 207 g/mol. The Balaban J connectivity index is 3.98. The normalized spacial score (nSPS) is 12.8. The van der Waals surface area contributed by atoms with Crippen LogP contribution in [0.25, 0.3) is 0 Å². The molecule has 5 nitrogen and oxygen atoms in total. The maximum Gasteiger partial charge on any atom is 0.317 e. The van der Waals surface area contributed by atoms with Crippen molar-refractivity contribution < 1.29 is 19.8 Å². The van der Waals surface area contributed by atoms with E-state index in [1.54, 1.807) is 0 Å². The third kappa shape index (κ3) is 4.74. The Hall–Kier alpha value is -0.750. The van der Waals surface area contributed by atoms with Gasteiger partial charge in [-0.2, -0.15) is 12.6 Å². The van der Waals surface area contributed by atoms with E-state index in [2.05, 4.69) is 12.6 Å². The van der Waals surface area contributed by atoms with Crippen LogP contribution >= 0.6 is 12.6 Å². The molecule has 4 N–H and O–H groups in total. The molecule has 6 heteroatoms. The van der Waals surface area contributed by atoms with Gasteiger partial charge in [-0.25, -0.2) is 0 Å². The molecule has 1 atom stereocenters. The van der Waals surface area contributed by atoms with Gasteiger partial charge in [-0.05, 0) is 12.8 Å². The van der Waals surface area contributed by atoms with Gasteiger partial charge in [-0.1, -0.05) is 0 Å². The molecule has 0 spiro atoms. The van der Waals surface area contributed by atoms with E-state index in [9.17, 15) is 9.59 Å². The molecule has 0 amide bonds. The monoisotopic (exact) mass is 207 g/mol. The van der Waals surface area contributed by atoms with Crippen LogP contribution < -0.4 is 5.73 Å². The highest BCUT2D eigenvalue weighted by molar-refractivity contribution is 7.80. The first-order valence-corrected chi connectivity index (χ1v) is 4.44. The van der Waals surface area contributed by atoms with Crippen molar-refractivity contribution >= 4 is 24.6 Å². The van der Waals surface area contributed by atoms with Crippen LogP contribution in [-0.4, -0.2) is 33.9 Å². The SMILES string of the molecule is N[C@@H](CS)CCC(C(=O)O)C(=O)O. The minimum Gasteiger partial charge on any atom is -0.481 e.